The Bertz CT molecular complexity index is 260. The van der Waals surface area contributed by atoms with Gasteiger partial charge in [0.05, 0.1) is 0 Å². The Kier molecular flexibility index (Phi) is 3.25. The summed E-state index contributed by atoms with van der Waals surface area (Å²) in [6.45, 7) is 0. The molecule has 4 nitrogen and oxygen atoms in total. The third-order valence-electron chi connectivity index (χ3n) is 1.73. The Morgan fingerprint density at radius 3 is 2.46 bits per heavy atom. The SMILES string of the molecule is O=C(O)/C=C/C(=O)NC1CC=CC1. The highest BCUT2D eigenvalue weighted by Gasteiger charge is 2.10. The number of amides is 1. The van der Waals surface area contributed by atoms with E-state index in [9.17, 15) is 9.59 Å². The van der Waals surface area contributed by atoms with E-state index in [1.807, 2.05) is 12.2 Å². The van der Waals surface area contributed by atoms with Crippen molar-refractivity contribution in [3.8, 4) is 0 Å². The van der Waals surface area contributed by atoms with E-state index in [4.69, 9.17) is 5.11 Å². The second-order valence-corrected chi connectivity index (χ2v) is 2.82. The minimum absolute atomic E-state index is 0.131. The molecule has 0 aromatic rings. The molecule has 0 atom stereocenters. The van der Waals surface area contributed by atoms with Gasteiger partial charge in [-0.25, -0.2) is 4.79 Å². The number of rotatable bonds is 3. The molecule has 0 saturated carbocycles. The van der Waals surface area contributed by atoms with Crippen LogP contribution in [0.15, 0.2) is 24.3 Å². The molecule has 0 radical (unpaired) electrons. The zero-order valence-corrected chi connectivity index (χ0v) is 7.06. The molecule has 0 aliphatic heterocycles. The van der Waals surface area contributed by atoms with Crippen molar-refractivity contribution in [2.45, 2.75) is 18.9 Å². The first-order chi connectivity index (χ1) is 6.18. The lowest BCUT2D eigenvalue weighted by atomic mass is 10.2. The maximum Gasteiger partial charge on any atom is 0.328 e. The van der Waals surface area contributed by atoms with E-state index in [1.54, 1.807) is 0 Å². The topological polar surface area (TPSA) is 66.4 Å². The third kappa shape index (κ3) is 3.55. The molecule has 0 fully saturated rings. The molecule has 0 aromatic heterocycles. The lowest BCUT2D eigenvalue weighted by molar-refractivity contribution is -0.131. The van der Waals surface area contributed by atoms with Gasteiger partial charge in [0, 0.05) is 18.2 Å². The molecule has 1 aliphatic carbocycles. The van der Waals surface area contributed by atoms with Crippen molar-refractivity contribution in [1.29, 1.82) is 0 Å². The number of hydrogen-bond donors (Lipinski definition) is 2. The Labute approximate surface area is 75.9 Å². The van der Waals surface area contributed by atoms with Crippen molar-refractivity contribution in [3.05, 3.63) is 24.3 Å². The molecular weight excluding hydrogens is 170 g/mol. The zero-order valence-electron chi connectivity index (χ0n) is 7.06. The second kappa shape index (κ2) is 4.45. The van der Waals surface area contributed by atoms with Gasteiger partial charge in [0.2, 0.25) is 5.91 Å². The Hall–Kier alpha value is -1.58. The summed E-state index contributed by atoms with van der Waals surface area (Å²) in [5, 5.41) is 10.9. The van der Waals surface area contributed by atoms with Crippen LogP contribution in [0.1, 0.15) is 12.8 Å². The Balaban J connectivity index is 2.29. The van der Waals surface area contributed by atoms with Crippen LogP contribution in [-0.2, 0) is 9.59 Å². The molecule has 70 valence electrons. The molecule has 1 aliphatic rings. The van der Waals surface area contributed by atoms with Gasteiger partial charge in [-0.1, -0.05) is 12.2 Å². The van der Waals surface area contributed by atoms with E-state index >= 15 is 0 Å². The molecule has 13 heavy (non-hydrogen) atoms. The fraction of sp³-hybridized carbons (Fsp3) is 0.333. The molecule has 0 aromatic carbocycles. The van der Waals surface area contributed by atoms with Crippen LogP contribution in [0.25, 0.3) is 0 Å². The third-order valence-corrected chi connectivity index (χ3v) is 1.73. The van der Waals surface area contributed by atoms with Crippen LogP contribution in [0.3, 0.4) is 0 Å². The molecule has 1 amide bonds. The maximum atomic E-state index is 11.0. The van der Waals surface area contributed by atoms with E-state index in [-0.39, 0.29) is 11.9 Å². The van der Waals surface area contributed by atoms with E-state index in [0.717, 1.165) is 25.0 Å². The number of carbonyl (C=O) groups is 2. The summed E-state index contributed by atoms with van der Waals surface area (Å²) in [5.41, 5.74) is 0. The van der Waals surface area contributed by atoms with Gasteiger partial charge < -0.3 is 10.4 Å². The maximum absolute atomic E-state index is 11.0. The van der Waals surface area contributed by atoms with Gasteiger partial charge >= 0.3 is 5.97 Å². The van der Waals surface area contributed by atoms with Crippen molar-refractivity contribution >= 4 is 11.9 Å². The van der Waals surface area contributed by atoms with Crippen LogP contribution >= 0.6 is 0 Å². The van der Waals surface area contributed by atoms with Gasteiger partial charge in [0.15, 0.2) is 0 Å². The average molecular weight is 181 g/mol. The van der Waals surface area contributed by atoms with Gasteiger partial charge in [-0.05, 0) is 12.8 Å². The quantitative estimate of drug-likeness (QED) is 0.491. The lowest BCUT2D eigenvalue weighted by Gasteiger charge is -2.08. The summed E-state index contributed by atoms with van der Waals surface area (Å²) in [6.07, 6.45) is 7.50. The summed E-state index contributed by atoms with van der Waals surface area (Å²) < 4.78 is 0. The molecule has 0 unspecified atom stereocenters. The van der Waals surface area contributed by atoms with Crippen LogP contribution in [0.4, 0.5) is 0 Å². The molecule has 4 heteroatoms. The Morgan fingerprint density at radius 2 is 1.92 bits per heavy atom. The summed E-state index contributed by atoms with van der Waals surface area (Å²) in [6, 6.07) is 0.131. The van der Waals surface area contributed by atoms with Crippen molar-refractivity contribution in [2.24, 2.45) is 0 Å². The van der Waals surface area contributed by atoms with Crippen LogP contribution in [0, 0.1) is 0 Å². The first-order valence-electron chi connectivity index (χ1n) is 4.05. The summed E-state index contributed by atoms with van der Waals surface area (Å²) >= 11 is 0. The number of nitrogens with one attached hydrogen (secondary N) is 1. The van der Waals surface area contributed by atoms with Gasteiger partial charge in [0.25, 0.3) is 0 Å². The highest BCUT2D eigenvalue weighted by Crippen LogP contribution is 2.08. The predicted molar refractivity (Wildman–Crippen MR) is 47.1 cm³/mol. The van der Waals surface area contributed by atoms with E-state index < -0.39 is 5.97 Å². The summed E-state index contributed by atoms with van der Waals surface area (Å²) in [5.74, 6) is -1.46. The fourth-order valence-corrected chi connectivity index (χ4v) is 1.13. The normalized spacial score (nSPS) is 16.6. The molecule has 0 heterocycles. The monoisotopic (exact) mass is 181 g/mol. The molecule has 0 spiro atoms. The van der Waals surface area contributed by atoms with Crippen LogP contribution in [-0.4, -0.2) is 23.0 Å². The highest BCUT2D eigenvalue weighted by molar-refractivity contribution is 5.94. The number of carboxylic acid groups (broad SMARTS) is 1. The van der Waals surface area contributed by atoms with Gasteiger partial charge in [0.1, 0.15) is 0 Å². The van der Waals surface area contributed by atoms with Crippen LogP contribution in [0.2, 0.25) is 0 Å². The molecule has 0 bridgehead atoms. The van der Waals surface area contributed by atoms with Gasteiger partial charge in [-0.15, -0.1) is 0 Å². The first kappa shape index (κ1) is 9.51. The summed E-state index contributed by atoms with van der Waals surface area (Å²) in [4.78, 5) is 21.1. The molecule has 2 N–H and O–H groups in total. The Morgan fingerprint density at radius 1 is 1.31 bits per heavy atom. The van der Waals surface area contributed by atoms with Crippen LogP contribution < -0.4 is 5.32 Å². The number of carbonyl (C=O) groups excluding carboxylic acids is 1. The van der Waals surface area contributed by atoms with Crippen molar-refractivity contribution < 1.29 is 14.7 Å². The highest BCUT2D eigenvalue weighted by atomic mass is 16.4. The number of hydrogen-bond acceptors (Lipinski definition) is 2. The van der Waals surface area contributed by atoms with E-state index in [0.29, 0.717) is 0 Å². The van der Waals surface area contributed by atoms with E-state index in [1.165, 1.54) is 0 Å². The summed E-state index contributed by atoms with van der Waals surface area (Å²) in [7, 11) is 0. The largest absolute Gasteiger partial charge is 0.478 e. The second-order valence-electron chi connectivity index (χ2n) is 2.82. The van der Waals surface area contributed by atoms with Crippen molar-refractivity contribution in [1.82, 2.24) is 5.32 Å². The standard InChI is InChI=1S/C9H11NO3/c11-8(5-6-9(12)13)10-7-3-1-2-4-7/h1-2,5-7H,3-4H2,(H,10,11)(H,12,13)/b6-5+. The fourth-order valence-electron chi connectivity index (χ4n) is 1.13. The predicted octanol–water partition coefficient (Wildman–Crippen LogP) is 0.462. The minimum atomic E-state index is -1.11. The number of aliphatic carboxylic acids is 1. The average Bonchev–Trinajstić information content (AvgIpc) is 2.53. The van der Waals surface area contributed by atoms with Crippen molar-refractivity contribution in [2.75, 3.05) is 0 Å². The molecule has 0 saturated heterocycles. The zero-order chi connectivity index (χ0) is 9.68. The van der Waals surface area contributed by atoms with Gasteiger partial charge in [-0.2, -0.15) is 0 Å². The van der Waals surface area contributed by atoms with E-state index in [2.05, 4.69) is 5.32 Å². The minimum Gasteiger partial charge on any atom is -0.478 e. The molecule has 1 rings (SSSR count). The van der Waals surface area contributed by atoms with Crippen molar-refractivity contribution in [3.63, 3.8) is 0 Å². The van der Waals surface area contributed by atoms with Crippen LogP contribution in [0.5, 0.6) is 0 Å². The first-order valence-corrected chi connectivity index (χ1v) is 4.05. The lowest BCUT2D eigenvalue weighted by Crippen LogP contribution is -2.31. The smallest absolute Gasteiger partial charge is 0.328 e. The van der Waals surface area contributed by atoms with Gasteiger partial charge in [-0.3, -0.25) is 4.79 Å². The number of carboxylic acids is 1. The molecular formula is C9H11NO3.